The van der Waals surface area contributed by atoms with E-state index in [0.29, 0.717) is 12.1 Å². The molecule has 0 radical (unpaired) electrons. The highest BCUT2D eigenvalue weighted by Crippen LogP contribution is 2.18. The van der Waals surface area contributed by atoms with Gasteiger partial charge in [-0.15, -0.1) is 0 Å². The van der Waals surface area contributed by atoms with Gasteiger partial charge in [-0.25, -0.2) is 9.97 Å². The van der Waals surface area contributed by atoms with Crippen LogP contribution in [-0.4, -0.2) is 32.4 Å². The summed E-state index contributed by atoms with van der Waals surface area (Å²) in [4.78, 5) is 22.5. The first-order chi connectivity index (χ1) is 11.1. The van der Waals surface area contributed by atoms with E-state index in [1.807, 2.05) is 30.5 Å². The second-order valence-corrected chi connectivity index (χ2v) is 5.98. The quantitative estimate of drug-likeness (QED) is 0.707. The maximum Gasteiger partial charge on any atom is 0.255 e. The van der Waals surface area contributed by atoms with Crippen LogP contribution in [0.15, 0.2) is 65.8 Å². The van der Waals surface area contributed by atoms with Crippen molar-refractivity contribution in [3.05, 3.63) is 76.9 Å². The number of pyridine rings is 1. The Morgan fingerprint density at radius 1 is 1.26 bits per heavy atom. The van der Waals surface area contributed by atoms with E-state index in [4.69, 9.17) is 0 Å². The van der Waals surface area contributed by atoms with Gasteiger partial charge >= 0.3 is 0 Å². The van der Waals surface area contributed by atoms with Crippen LogP contribution >= 0.6 is 15.9 Å². The lowest BCUT2D eigenvalue weighted by atomic mass is 10.2. The molecule has 116 valence electrons. The molecule has 3 rings (SSSR count). The minimum Gasteiger partial charge on any atom is -0.337 e. The molecule has 0 saturated heterocycles. The van der Waals surface area contributed by atoms with Gasteiger partial charge in [0.05, 0.1) is 5.56 Å². The number of amides is 1. The third kappa shape index (κ3) is 3.48. The highest BCUT2D eigenvalue weighted by Gasteiger charge is 2.13. The van der Waals surface area contributed by atoms with Gasteiger partial charge in [0.1, 0.15) is 12.1 Å². The Balaban J connectivity index is 1.73. The van der Waals surface area contributed by atoms with E-state index in [1.165, 1.54) is 0 Å². The number of hydrogen-bond acceptors (Lipinski definition) is 3. The lowest BCUT2D eigenvalue weighted by Gasteiger charge is -2.18. The summed E-state index contributed by atoms with van der Waals surface area (Å²) in [6, 6.07) is 11.5. The first-order valence-corrected chi connectivity index (χ1v) is 7.87. The average molecular weight is 371 g/mol. The maximum atomic E-state index is 12.5. The summed E-state index contributed by atoms with van der Waals surface area (Å²) in [6.45, 7) is 0.531. The van der Waals surface area contributed by atoms with Crippen LogP contribution in [0.4, 0.5) is 0 Å². The number of rotatable bonds is 4. The first kappa shape index (κ1) is 15.4. The van der Waals surface area contributed by atoms with Crippen molar-refractivity contribution < 1.29 is 4.79 Å². The maximum absolute atomic E-state index is 12.5. The Labute approximate surface area is 142 Å². The summed E-state index contributed by atoms with van der Waals surface area (Å²) in [5.74, 6) is 0.665. The van der Waals surface area contributed by atoms with E-state index in [0.717, 1.165) is 15.9 Å². The van der Waals surface area contributed by atoms with Crippen molar-refractivity contribution in [3.63, 3.8) is 0 Å². The number of benzene rings is 1. The molecule has 0 aliphatic heterocycles. The van der Waals surface area contributed by atoms with Crippen molar-refractivity contribution in [2.45, 2.75) is 6.54 Å². The SMILES string of the molecule is CN(Cc1ccccc1Br)C(=O)c1ccc(-n2ccnc2)nc1. The van der Waals surface area contributed by atoms with Crippen molar-refractivity contribution >= 4 is 21.8 Å². The van der Waals surface area contributed by atoms with Crippen molar-refractivity contribution in [3.8, 4) is 5.82 Å². The molecule has 0 spiro atoms. The molecular formula is C17H15BrN4O. The minimum absolute atomic E-state index is 0.0644. The van der Waals surface area contributed by atoms with E-state index in [9.17, 15) is 4.79 Å². The van der Waals surface area contributed by atoms with Gasteiger partial charge in [-0.3, -0.25) is 9.36 Å². The van der Waals surface area contributed by atoms with Crippen LogP contribution in [0.2, 0.25) is 0 Å². The number of carbonyl (C=O) groups is 1. The Kier molecular flexibility index (Phi) is 4.52. The summed E-state index contributed by atoms with van der Waals surface area (Å²) >= 11 is 3.50. The van der Waals surface area contributed by atoms with E-state index in [1.54, 1.807) is 47.4 Å². The molecule has 1 amide bonds. The summed E-state index contributed by atoms with van der Waals surface area (Å²) in [5, 5.41) is 0. The second kappa shape index (κ2) is 6.75. The standard InChI is InChI=1S/C17H15BrN4O/c1-21(11-14-4-2-3-5-15(14)18)17(23)13-6-7-16(20-10-13)22-9-8-19-12-22/h2-10,12H,11H2,1H3. The van der Waals surface area contributed by atoms with Crippen molar-refractivity contribution in [1.82, 2.24) is 19.4 Å². The number of halogens is 1. The van der Waals surface area contributed by atoms with E-state index >= 15 is 0 Å². The van der Waals surface area contributed by atoms with E-state index in [-0.39, 0.29) is 5.91 Å². The molecule has 3 aromatic rings. The zero-order valence-corrected chi connectivity index (χ0v) is 14.1. The van der Waals surface area contributed by atoms with Gasteiger partial charge in [-0.05, 0) is 23.8 Å². The lowest BCUT2D eigenvalue weighted by molar-refractivity contribution is 0.0784. The molecule has 2 aromatic heterocycles. The molecule has 0 unspecified atom stereocenters. The molecule has 0 fully saturated rings. The van der Waals surface area contributed by atoms with Crippen LogP contribution in [-0.2, 0) is 6.54 Å². The van der Waals surface area contributed by atoms with E-state index in [2.05, 4.69) is 25.9 Å². The van der Waals surface area contributed by atoms with Gasteiger partial charge in [0.2, 0.25) is 0 Å². The number of imidazole rings is 1. The fourth-order valence-electron chi connectivity index (χ4n) is 2.23. The molecule has 2 heterocycles. The molecule has 0 atom stereocenters. The lowest BCUT2D eigenvalue weighted by Crippen LogP contribution is -2.26. The van der Waals surface area contributed by atoms with E-state index < -0.39 is 0 Å². The van der Waals surface area contributed by atoms with Gasteiger partial charge in [0.25, 0.3) is 5.91 Å². The Hall–Kier alpha value is -2.47. The van der Waals surface area contributed by atoms with Crippen molar-refractivity contribution in [2.75, 3.05) is 7.05 Å². The van der Waals surface area contributed by atoms with Crippen LogP contribution < -0.4 is 0 Å². The third-order valence-corrected chi connectivity index (χ3v) is 4.25. The highest BCUT2D eigenvalue weighted by atomic mass is 79.9. The van der Waals surface area contributed by atoms with Crippen molar-refractivity contribution in [2.24, 2.45) is 0 Å². The van der Waals surface area contributed by atoms with Crippen LogP contribution in [0.25, 0.3) is 5.82 Å². The molecule has 0 N–H and O–H groups in total. The van der Waals surface area contributed by atoms with Crippen LogP contribution in [0.3, 0.4) is 0 Å². The van der Waals surface area contributed by atoms with Gasteiger partial charge in [0.15, 0.2) is 0 Å². The minimum atomic E-state index is -0.0644. The smallest absolute Gasteiger partial charge is 0.255 e. The molecular weight excluding hydrogens is 356 g/mol. The highest BCUT2D eigenvalue weighted by molar-refractivity contribution is 9.10. The predicted octanol–water partition coefficient (Wildman–Crippen LogP) is 3.30. The van der Waals surface area contributed by atoms with Gasteiger partial charge in [0, 0.05) is 36.7 Å². The number of aromatic nitrogens is 3. The normalized spacial score (nSPS) is 10.5. The third-order valence-electron chi connectivity index (χ3n) is 3.48. The van der Waals surface area contributed by atoms with Crippen molar-refractivity contribution in [1.29, 1.82) is 0 Å². The second-order valence-electron chi connectivity index (χ2n) is 5.13. The van der Waals surface area contributed by atoms with Gasteiger partial charge in [-0.1, -0.05) is 34.1 Å². The fraction of sp³-hybridized carbons (Fsp3) is 0.118. The Morgan fingerprint density at radius 3 is 2.74 bits per heavy atom. The number of hydrogen-bond donors (Lipinski definition) is 0. The monoisotopic (exact) mass is 370 g/mol. The topological polar surface area (TPSA) is 51.0 Å². The summed E-state index contributed by atoms with van der Waals surface area (Å²) < 4.78 is 2.78. The first-order valence-electron chi connectivity index (χ1n) is 7.08. The zero-order valence-electron chi connectivity index (χ0n) is 12.6. The predicted molar refractivity (Wildman–Crippen MR) is 91.3 cm³/mol. The van der Waals surface area contributed by atoms with Gasteiger partial charge in [-0.2, -0.15) is 0 Å². The Bertz CT molecular complexity index is 800. The summed E-state index contributed by atoms with van der Waals surface area (Å²) in [5.41, 5.74) is 1.62. The fourth-order valence-corrected chi connectivity index (χ4v) is 2.64. The molecule has 5 nitrogen and oxygen atoms in total. The van der Waals surface area contributed by atoms with Crippen LogP contribution in [0, 0.1) is 0 Å². The molecule has 0 aliphatic carbocycles. The average Bonchev–Trinajstić information content (AvgIpc) is 3.11. The van der Waals surface area contributed by atoms with Gasteiger partial charge < -0.3 is 4.90 Å². The molecule has 1 aromatic carbocycles. The largest absolute Gasteiger partial charge is 0.337 e. The Morgan fingerprint density at radius 2 is 2.09 bits per heavy atom. The molecule has 0 aliphatic rings. The molecule has 0 saturated carbocycles. The number of nitrogens with zero attached hydrogens (tertiary/aromatic N) is 4. The molecule has 6 heteroatoms. The van der Waals surface area contributed by atoms with Crippen LogP contribution in [0.1, 0.15) is 15.9 Å². The zero-order chi connectivity index (χ0) is 16.2. The van der Waals surface area contributed by atoms with Crippen LogP contribution in [0.5, 0.6) is 0 Å². The molecule has 23 heavy (non-hydrogen) atoms. The summed E-state index contributed by atoms with van der Waals surface area (Å²) in [6.07, 6.45) is 6.76. The molecule has 0 bridgehead atoms. The summed E-state index contributed by atoms with van der Waals surface area (Å²) in [7, 11) is 1.78. The number of carbonyl (C=O) groups excluding carboxylic acids is 1.